The van der Waals surface area contributed by atoms with Crippen LogP contribution in [0.1, 0.15) is 21.7 Å². The topological polar surface area (TPSA) is 93.8 Å². The largest absolute Gasteiger partial charge is 0.336 e. The predicted molar refractivity (Wildman–Crippen MR) is 94.6 cm³/mol. The van der Waals surface area contributed by atoms with Crippen LogP contribution < -0.4 is 5.32 Å². The number of anilines is 1. The van der Waals surface area contributed by atoms with E-state index in [1.165, 1.54) is 11.3 Å². The summed E-state index contributed by atoms with van der Waals surface area (Å²) in [5.41, 5.74) is 3.81. The molecule has 4 aromatic heterocycles. The molecule has 0 aliphatic carbocycles. The van der Waals surface area contributed by atoms with Crippen LogP contribution >= 0.6 is 11.3 Å². The number of thiazole rings is 1. The first-order valence-corrected chi connectivity index (χ1v) is 8.40. The van der Waals surface area contributed by atoms with E-state index in [1.807, 2.05) is 17.5 Å². The predicted octanol–water partition coefficient (Wildman–Crippen LogP) is 3.61. The Kier molecular flexibility index (Phi) is 3.73. The number of rotatable bonds is 3. The molecule has 0 bridgehead atoms. The number of hydrogen-bond donors (Lipinski definition) is 1. The zero-order valence-electron chi connectivity index (χ0n) is 13.5. The normalized spacial score (nSPS) is 11.0. The fourth-order valence-corrected chi connectivity index (χ4v) is 3.25. The lowest BCUT2D eigenvalue weighted by Gasteiger charge is -2.04. The molecule has 0 aromatic carbocycles. The third-order valence-corrected chi connectivity index (χ3v) is 4.43. The summed E-state index contributed by atoms with van der Waals surface area (Å²) in [6.45, 7) is 3.58. The van der Waals surface area contributed by atoms with Gasteiger partial charge in [0, 0.05) is 29.0 Å². The van der Waals surface area contributed by atoms with Gasteiger partial charge < -0.3 is 4.52 Å². The second kappa shape index (κ2) is 6.06. The van der Waals surface area contributed by atoms with Crippen LogP contribution in [0.2, 0.25) is 0 Å². The van der Waals surface area contributed by atoms with Gasteiger partial charge in [-0.3, -0.25) is 15.1 Å². The highest BCUT2D eigenvalue weighted by Crippen LogP contribution is 2.26. The summed E-state index contributed by atoms with van der Waals surface area (Å²) in [7, 11) is 0. The molecule has 0 saturated heterocycles. The van der Waals surface area contributed by atoms with Gasteiger partial charge in [0.1, 0.15) is 0 Å². The van der Waals surface area contributed by atoms with Crippen molar-refractivity contribution in [2.24, 2.45) is 0 Å². The van der Waals surface area contributed by atoms with Gasteiger partial charge in [-0.15, -0.1) is 11.3 Å². The van der Waals surface area contributed by atoms with Crippen LogP contribution in [-0.2, 0) is 0 Å². The highest BCUT2D eigenvalue weighted by atomic mass is 32.1. The molecular formula is C17H13N5O2S. The van der Waals surface area contributed by atoms with E-state index in [1.54, 1.807) is 32.3 Å². The van der Waals surface area contributed by atoms with Crippen LogP contribution in [0.15, 0.2) is 40.5 Å². The van der Waals surface area contributed by atoms with Crippen molar-refractivity contribution < 1.29 is 9.32 Å². The van der Waals surface area contributed by atoms with Gasteiger partial charge in [-0.05, 0) is 32.0 Å². The Morgan fingerprint density at radius 2 is 2.16 bits per heavy atom. The molecule has 4 rings (SSSR count). The lowest BCUT2D eigenvalue weighted by Crippen LogP contribution is -2.13. The average molecular weight is 351 g/mol. The van der Waals surface area contributed by atoms with Gasteiger partial charge >= 0.3 is 0 Å². The van der Waals surface area contributed by atoms with Crippen molar-refractivity contribution in [1.29, 1.82) is 0 Å². The smallest absolute Gasteiger partial charge is 0.258 e. The third kappa shape index (κ3) is 2.87. The molecule has 0 saturated carbocycles. The minimum Gasteiger partial charge on any atom is -0.336 e. The molecule has 7 nitrogen and oxygen atoms in total. The number of hydrogen-bond acceptors (Lipinski definition) is 7. The van der Waals surface area contributed by atoms with Crippen LogP contribution in [0, 0.1) is 13.8 Å². The lowest BCUT2D eigenvalue weighted by atomic mass is 10.1. The van der Waals surface area contributed by atoms with Crippen LogP contribution in [-0.4, -0.2) is 26.0 Å². The summed E-state index contributed by atoms with van der Waals surface area (Å²) >= 11 is 1.36. The molecule has 0 radical (unpaired) electrons. The van der Waals surface area contributed by atoms with E-state index in [0.717, 1.165) is 11.3 Å². The Morgan fingerprint density at radius 1 is 1.28 bits per heavy atom. The van der Waals surface area contributed by atoms with Gasteiger partial charge in [0.2, 0.25) is 0 Å². The van der Waals surface area contributed by atoms with Crippen LogP contribution in [0.5, 0.6) is 0 Å². The Hall–Kier alpha value is -3.13. The molecule has 0 atom stereocenters. The van der Waals surface area contributed by atoms with Crippen molar-refractivity contribution in [2.45, 2.75) is 13.8 Å². The molecule has 0 spiro atoms. The van der Waals surface area contributed by atoms with Gasteiger partial charge in [-0.2, -0.15) is 0 Å². The molecule has 4 aromatic rings. The van der Waals surface area contributed by atoms with Crippen LogP contribution in [0.25, 0.3) is 22.4 Å². The number of aromatic nitrogens is 4. The van der Waals surface area contributed by atoms with Gasteiger partial charge in [-0.25, -0.2) is 9.97 Å². The van der Waals surface area contributed by atoms with Crippen LogP contribution in [0.4, 0.5) is 5.13 Å². The molecule has 0 aliphatic heterocycles. The van der Waals surface area contributed by atoms with Gasteiger partial charge in [0.15, 0.2) is 5.13 Å². The maximum atomic E-state index is 12.7. The zero-order chi connectivity index (χ0) is 17.4. The highest BCUT2D eigenvalue weighted by Gasteiger charge is 2.19. The van der Waals surface area contributed by atoms with E-state index in [9.17, 15) is 4.79 Å². The highest BCUT2D eigenvalue weighted by molar-refractivity contribution is 7.14. The molecule has 124 valence electrons. The number of nitrogens with one attached hydrogen (secondary N) is 1. The van der Waals surface area contributed by atoms with E-state index in [4.69, 9.17) is 4.52 Å². The summed E-state index contributed by atoms with van der Waals surface area (Å²) in [6, 6.07) is 5.49. The standard InChI is InChI=1S/C17H13N5O2S/c1-9-6-12(14-10(2)22-24-16(14)19-9)15(23)21-17-20-13(8-25-17)11-4-3-5-18-7-11/h3-8H,1-2H3,(H,20,21,23). The Bertz CT molecular complexity index is 1070. The quantitative estimate of drug-likeness (QED) is 0.606. The molecule has 1 amide bonds. The Labute approximate surface area is 146 Å². The molecule has 25 heavy (non-hydrogen) atoms. The zero-order valence-corrected chi connectivity index (χ0v) is 14.3. The molecule has 0 aliphatic rings. The summed E-state index contributed by atoms with van der Waals surface area (Å²) in [4.78, 5) is 25.5. The molecular weight excluding hydrogens is 338 g/mol. The minimum atomic E-state index is -0.270. The number of fused-ring (bicyclic) bond motifs is 1. The van der Waals surface area contributed by atoms with Crippen molar-refractivity contribution in [3.05, 3.63) is 52.9 Å². The van der Waals surface area contributed by atoms with Crippen molar-refractivity contribution in [3.8, 4) is 11.3 Å². The number of pyridine rings is 2. The average Bonchev–Trinajstić information content (AvgIpc) is 3.22. The SMILES string of the molecule is Cc1cc(C(=O)Nc2nc(-c3cccnc3)cs2)c2c(C)noc2n1. The van der Waals surface area contributed by atoms with E-state index in [2.05, 4.69) is 25.4 Å². The van der Waals surface area contributed by atoms with Gasteiger partial charge in [-0.1, -0.05) is 5.16 Å². The van der Waals surface area contributed by atoms with Crippen molar-refractivity contribution in [2.75, 3.05) is 5.32 Å². The maximum Gasteiger partial charge on any atom is 0.258 e. The molecule has 0 unspecified atom stereocenters. The van der Waals surface area contributed by atoms with Gasteiger partial charge in [0.25, 0.3) is 11.6 Å². The summed E-state index contributed by atoms with van der Waals surface area (Å²) in [5.74, 6) is -0.270. The van der Waals surface area contributed by atoms with E-state index in [0.29, 0.717) is 33.2 Å². The lowest BCUT2D eigenvalue weighted by molar-refractivity contribution is 0.102. The molecule has 0 fully saturated rings. The van der Waals surface area contributed by atoms with E-state index in [-0.39, 0.29) is 5.91 Å². The van der Waals surface area contributed by atoms with E-state index >= 15 is 0 Å². The Morgan fingerprint density at radius 3 is 2.96 bits per heavy atom. The third-order valence-electron chi connectivity index (χ3n) is 3.67. The summed E-state index contributed by atoms with van der Waals surface area (Å²) in [5, 5.41) is 9.74. The van der Waals surface area contributed by atoms with E-state index < -0.39 is 0 Å². The second-order valence-corrected chi connectivity index (χ2v) is 6.35. The number of aryl methyl sites for hydroxylation is 2. The summed E-state index contributed by atoms with van der Waals surface area (Å²) in [6.07, 6.45) is 3.44. The maximum absolute atomic E-state index is 12.7. The second-order valence-electron chi connectivity index (χ2n) is 5.49. The molecule has 1 N–H and O–H groups in total. The molecule has 4 heterocycles. The fraction of sp³-hybridized carbons (Fsp3) is 0.118. The van der Waals surface area contributed by atoms with Gasteiger partial charge in [0.05, 0.1) is 22.3 Å². The van der Waals surface area contributed by atoms with Crippen LogP contribution in [0.3, 0.4) is 0 Å². The minimum absolute atomic E-state index is 0.270. The number of amides is 1. The first kappa shape index (κ1) is 15.4. The Balaban J connectivity index is 1.65. The first-order chi connectivity index (χ1) is 12.1. The number of carbonyl (C=O) groups is 1. The summed E-state index contributed by atoms with van der Waals surface area (Å²) < 4.78 is 5.17. The number of carbonyl (C=O) groups excluding carboxylic acids is 1. The first-order valence-electron chi connectivity index (χ1n) is 7.53. The monoisotopic (exact) mass is 351 g/mol. The van der Waals surface area contributed by atoms with Crippen molar-refractivity contribution >= 4 is 33.5 Å². The molecule has 8 heteroatoms. The van der Waals surface area contributed by atoms with Crippen molar-refractivity contribution in [1.82, 2.24) is 20.1 Å². The number of nitrogens with zero attached hydrogens (tertiary/aromatic N) is 4. The fourth-order valence-electron chi connectivity index (χ4n) is 2.54. The van der Waals surface area contributed by atoms with Crippen molar-refractivity contribution in [3.63, 3.8) is 0 Å².